The predicted molar refractivity (Wildman–Crippen MR) is 69.6 cm³/mol. The molecule has 18 heavy (non-hydrogen) atoms. The van der Waals surface area contributed by atoms with Gasteiger partial charge in [0, 0.05) is 17.7 Å². The molecular formula is C13H14N4O. The molecule has 0 aliphatic rings. The first-order valence-electron chi connectivity index (χ1n) is 5.45. The van der Waals surface area contributed by atoms with Gasteiger partial charge in [-0.15, -0.1) is 6.58 Å². The number of hydrogen-bond acceptors (Lipinski definition) is 3. The van der Waals surface area contributed by atoms with E-state index in [1.165, 1.54) is 0 Å². The molecule has 1 unspecified atom stereocenters. The van der Waals surface area contributed by atoms with Gasteiger partial charge in [0.2, 0.25) is 0 Å². The highest BCUT2D eigenvalue weighted by Gasteiger charge is 2.13. The molecule has 0 saturated carbocycles. The maximum atomic E-state index is 8.68. The summed E-state index contributed by atoms with van der Waals surface area (Å²) in [6.45, 7) is 3.82. The molecule has 92 valence electrons. The van der Waals surface area contributed by atoms with Crippen molar-refractivity contribution in [2.75, 3.05) is 0 Å². The minimum Gasteiger partial charge on any atom is -0.409 e. The average molecular weight is 242 g/mol. The molecule has 0 spiro atoms. The minimum absolute atomic E-state index is 0.0253. The number of oxime groups is 1. The standard InChI is InChI=1S/C13H14N4O/c1-2-11(12-7-15-8-16-12)9-4-3-5-10(6-9)13(14)17-18/h2-8,11,18H,1H2,(H2,14,17)(H,15,16). The molecule has 0 saturated heterocycles. The summed E-state index contributed by atoms with van der Waals surface area (Å²) in [7, 11) is 0. The van der Waals surface area contributed by atoms with Gasteiger partial charge in [-0.2, -0.15) is 0 Å². The summed E-state index contributed by atoms with van der Waals surface area (Å²) < 4.78 is 0. The first kappa shape index (κ1) is 11.9. The normalized spacial score (nSPS) is 13.2. The van der Waals surface area contributed by atoms with Crippen molar-refractivity contribution in [2.45, 2.75) is 5.92 Å². The van der Waals surface area contributed by atoms with E-state index < -0.39 is 0 Å². The van der Waals surface area contributed by atoms with Gasteiger partial charge in [0.25, 0.3) is 0 Å². The van der Waals surface area contributed by atoms with Gasteiger partial charge in [-0.3, -0.25) is 0 Å². The molecule has 0 radical (unpaired) electrons. The topological polar surface area (TPSA) is 87.3 Å². The van der Waals surface area contributed by atoms with Crippen LogP contribution in [0.15, 0.2) is 54.6 Å². The van der Waals surface area contributed by atoms with E-state index in [0.29, 0.717) is 5.56 Å². The predicted octanol–water partition coefficient (Wildman–Crippen LogP) is 1.82. The van der Waals surface area contributed by atoms with Crippen LogP contribution in [0.4, 0.5) is 0 Å². The second-order valence-electron chi connectivity index (χ2n) is 3.82. The number of nitrogens with zero attached hydrogens (tertiary/aromatic N) is 2. The molecule has 1 heterocycles. The first-order valence-corrected chi connectivity index (χ1v) is 5.45. The smallest absolute Gasteiger partial charge is 0.170 e. The van der Waals surface area contributed by atoms with Gasteiger partial charge >= 0.3 is 0 Å². The van der Waals surface area contributed by atoms with Crippen LogP contribution in [0.2, 0.25) is 0 Å². The third-order valence-electron chi connectivity index (χ3n) is 2.72. The fourth-order valence-corrected chi connectivity index (χ4v) is 1.82. The number of allylic oxidation sites excluding steroid dienone is 1. The molecule has 0 fully saturated rings. The van der Waals surface area contributed by atoms with Gasteiger partial charge in [0.15, 0.2) is 5.84 Å². The van der Waals surface area contributed by atoms with Gasteiger partial charge in [-0.25, -0.2) is 4.98 Å². The minimum atomic E-state index is -0.0253. The lowest BCUT2D eigenvalue weighted by Gasteiger charge is -2.11. The van der Waals surface area contributed by atoms with E-state index in [4.69, 9.17) is 10.9 Å². The zero-order valence-corrected chi connectivity index (χ0v) is 9.74. The molecule has 1 aromatic carbocycles. The van der Waals surface area contributed by atoms with Crippen molar-refractivity contribution in [1.82, 2.24) is 9.97 Å². The Bertz CT molecular complexity index is 560. The molecule has 5 nitrogen and oxygen atoms in total. The number of aromatic amines is 1. The van der Waals surface area contributed by atoms with Crippen molar-refractivity contribution in [1.29, 1.82) is 0 Å². The van der Waals surface area contributed by atoms with E-state index in [0.717, 1.165) is 11.3 Å². The van der Waals surface area contributed by atoms with Crippen LogP contribution in [-0.2, 0) is 0 Å². The third kappa shape index (κ3) is 2.24. The number of hydrogen-bond donors (Lipinski definition) is 3. The van der Waals surface area contributed by atoms with Crippen LogP contribution >= 0.6 is 0 Å². The molecule has 0 aliphatic heterocycles. The van der Waals surface area contributed by atoms with Crippen LogP contribution in [0, 0.1) is 0 Å². The first-order chi connectivity index (χ1) is 8.76. The van der Waals surface area contributed by atoms with E-state index in [1.54, 1.807) is 12.4 Å². The van der Waals surface area contributed by atoms with Crippen molar-refractivity contribution < 1.29 is 5.21 Å². The maximum Gasteiger partial charge on any atom is 0.170 e. The molecule has 2 aromatic rings. The van der Waals surface area contributed by atoms with E-state index in [1.807, 2.05) is 30.5 Å². The average Bonchev–Trinajstić information content (AvgIpc) is 2.93. The molecule has 5 heteroatoms. The summed E-state index contributed by atoms with van der Waals surface area (Å²) in [6, 6.07) is 7.44. The Morgan fingerprint density at radius 3 is 3.00 bits per heavy atom. The lowest BCUT2D eigenvalue weighted by Crippen LogP contribution is -2.13. The number of nitrogens with one attached hydrogen (secondary N) is 1. The second-order valence-corrected chi connectivity index (χ2v) is 3.82. The number of rotatable bonds is 4. The van der Waals surface area contributed by atoms with Crippen LogP contribution < -0.4 is 5.73 Å². The van der Waals surface area contributed by atoms with Gasteiger partial charge in [0.1, 0.15) is 0 Å². The van der Waals surface area contributed by atoms with Crippen molar-refractivity contribution in [3.63, 3.8) is 0 Å². The molecule has 0 bridgehead atoms. The Morgan fingerprint density at radius 2 is 2.39 bits per heavy atom. The van der Waals surface area contributed by atoms with Crippen LogP contribution in [0.5, 0.6) is 0 Å². The van der Waals surface area contributed by atoms with Crippen molar-refractivity contribution in [3.05, 3.63) is 66.3 Å². The summed E-state index contributed by atoms with van der Waals surface area (Å²) >= 11 is 0. The molecule has 0 aliphatic carbocycles. The highest BCUT2D eigenvalue weighted by atomic mass is 16.4. The Labute approximate surface area is 105 Å². The maximum absolute atomic E-state index is 8.68. The molecule has 1 atom stereocenters. The van der Waals surface area contributed by atoms with E-state index in [9.17, 15) is 0 Å². The zero-order valence-electron chi connectivity index (χ0n) is 9.74. The number of aromatic nitrogens is 2. The number of H-pyrrole nitrogens is 1. The highest BCUT2D eigenvalue weighted by Crippen LogP contribution is 2.24. The van der Waals surface area contributed by atoms with E-state index in [-0.39, 0.29) is 11.8 Å². The number of nitrogens with two attached hydrogens (primary N) is 1. The van der Waals surface area contributed by atoms with Crippen LogP contribution in [0.1, 0.15) is 22.7 Å². The van der Waals surface area contributed by atoms with Gasteiger partial charge in [-0.1, -0.05) is 29.4 Å². The summed E-state index contributed by atoms with van der Waals surface area (Å²) in [5.41, 5.74) is 8.10. The highest BCUT2D eigenvalue weighted by molar-refractivity contribution is 5.97. The van der Waals surface area contributed by atoms with Crippen molar-refractivity contribution in [2.24, 2.45) is 10.9 Å². The monoisotopic (exact) mass is 242 g/mol. The summed E-state index contributed by atoms with van der Waals surface area (Å²) in [4.78, 5) is 7.14. The Balaban J connectivity index is 2.41. The number of amidine groups is 1. The van der Waals surface area contributed by atoms with Gasteiger partial charge in [-0.05, 0) is 11.6 Å². The zero-order chi connectivity index (χ0) is 13.0. The van der Waals surface area contributed by atoms with Crippen LogP contribution in [0.3, 0.4) is 0 Å². The lowest BCUT2D eigenvalue weighted by atomic mass is 9.94. The number of benzene rings is 1. The van der Waals surface area contributed by atoms with Gasteiger partial charge < -0.3 is 15.9 Å². The summed E-state index contributed by atoms with van der Waals surface area (Å²) in [6.07, 6.45) is 5.25. The Kier molecular flexibility index (Phi) is 3.43. The fraction of sp³-hybridized carbons (Fsp3) is 0.0769. The lowest BCUT2D eigenvalue weighted by molar-refractivity contribution is 0.318. The molecule has 2 rings (SSSR count). The van der Waals surface area contributed by atoms with Crippen LogP contribution in [0.25, 0.3) is 0 Å². The van der Waals surface area contributed by atoms with Gasteiger partial charge in [0.05, 0.1) is 12.0 Å². The molecule has 0 amide bonds. The van der Waals surface area contributed by atoms with Crippen molar-refractivity contribution in [3.8, 4) is 0 Å². The van der Waals surface area contributed by atoms with E-state index in [2.05, 4.69) is 21.7 Å². The summed E-state index contributed by atoms with van der Waals surface area (Å²) in [5.74, 6) is 0.0596. The molecular weight excluding hydrogens is 228 g/mol. The number of imidazole rings is 1. The van der Waals surface area contributed by atoms with Crippen molar-refractivity contribution >= 4 is 5.84 Å². The van der Waals surface area contributed by atoms with E-state index >= 15 is 0 Å². The Hall–Kier alpha value is -2.56. The molecule has 1 aromatic heterocycles. The fourth-order valence-electron chi connectivity index (χ4n) is 1.82. The largest absolute Gasteiger partial charge is 0.409 e. The second kappa shape index (κ2) is 5.18. The molecule has 4 N–H and O–H groups in total. The third-order valence-corrected chi connectivity index (χ3v) is 2.72. The Morgan fingerprint density at radius 1 is 1.56 bits per heavy atom. The quantitative estimate of drug-likeness (QED) is 0.251. The summed E-state index contributed by atoms with van der Waals surface area (Å²) in [5, 5.41) is 11.7. The SMILES string of the molecule is C=CC(c1cccc(C(N)=NO)c1)c1c[nH]cn1. The van der Waals surface area contributed by atoms with Crippen LogP contribution in [-0.4, -0.2) is 21.0 Å².